The topological polar surface area (TPSA) is 26.3 Å². The molecule has 0 aliphatic heterocycles. The second-order valence-corrected chi connectivity index (χ2v) is 4.44. The first-order chi connectivity index (χ1) is 7.16. The van der Waals surface area contributed by atoms with Crippen LogP contribution in [0.3, 0.4) is 0 Å². The van der Waals surface area contributed by atoms with Gasteiger partial charge in [0.2, 0.25) is 0 Å². The number of carbonyl (C=O) groups excluding carboxylic acids is 1. The van der Waals surface area contributed by atoms with Gasteiger partial charge in [0.05, 0.1) is 6.61 Å². The van der Waals surface area contributed by atoms with Crippen molar-refractivity contribution in [2.75, 3.05) is 6.61 Å². The van der Waals surface area contributed by atoms with Crippen LogP contribution >= 0.6 is 0 Å². The molecule has 0 bridgehead atoms. The zero-order chi connectivity index (χ0) is 11.5. The molecule has 0 atom stereocenters. The van der Waals surface area contributed by atoms with Crippen molar-refractivity contribution >= 4 is 5.97 Å². The maximum absolute atomic E-state index is 10.1. The fourth-order valence-corrected chi connectivity index (χ4v) is 1.67. The van der Waals surface area contributed by atoms with E-state index in [1.54, 1.807) is 0 Å². The minimum atomic E-state index is -0.182. The van der Waals surface area contributed by atoms with Gasteiger partial charge in [-0.15, -0.1) is 0 Å². The first kappa shape index (κ1) is 14.5. The number of esters is 1. The number of hydrogen-bond acceptors (Lipinski definition) is 2. The van der Waals surface area contributed by atoms with E-state index < -0.39 is 0 Å². The van der Waals surface area contributed by atoms with Crippen LogP contribution in [0.1, 0.15) is 65.7 Å². The van der Waals surface area contributed by atoms with Gasteiger partial charge in [-0.1, -0.05) is 52.4 Å². The molecule has 0 aromatic heterocycles. The summed E-state index contributed by atoms with van der Waals surface area (Å²) < 4.78 is 4.64. The van der Waals surface area contributed by atoms with E-state index in [9.17, 15) is 4.79 Å². The quantitative estimate of drug-likeness (QED) is 0.525. The molecule has 2 nitrogen and oxygen atoms in total. The standard InChI is InChI=1S/C7H14.C6H12O2/c1-7-5-3-2-4-6-7;1-3-4-5-8-6(2)7/h7H,2-6H2,1H3;3-5H2,1-2H3. The fraction of sp³-hybridized carbons (Fsp3) is 0.923. The molecule has 0 aromatic carbocycles. The molecule has 1 saturated carbocycles. The van der Waals surface area contributed by atoms with E-state index in [1.165, 1.54) is 39.0 Å². The number of hydrogen-bond donors (Lipinski definition) is 0. The molecule has 1 aliphatic rings. The summed E-state index contributed by atoms with van der Waals surface area (Å²) in [6, 6.07) is 0. The Morgan fingerprint density at radius 1 is 1.27 bits per heavy atom. The summed E-state index contributed by atoms with van der Waals surface area (Å²) in [6.07, 6.45) is 9.49. The van der Waals surface area contributed by atoms with Crippen LogP contribution < -0.4 is 0 Å². The van der Waals surface area contributed by atoms with E-state index in [0.717, 1.165) is 18.8 Å². The second-order valence-electron chi connectivity index (χ2n) is 4.44. The molecule has 90 valence electrons. The van der Waals surface area contributed by atoms with Gasteiger partial charge in [-0.2, -0.15) is 0 Å². The van der Waals surface area contributed by atoms with Crippen LogP contribution in [-0.4, -0.2) is 12.6 Å². The molecule has 0 saturated heterocycles. The highest BCUT2D eigenvalue weighted by Gasteiger charge is 2.05. The van der Waals surface area contributed by atoms with E-state index >= 15 is 0 Å². The molecule has 0 amide bonds. The van der Waals surface area contributed by atoms with Crippen LogP contribution in [0, 0.1) is 5.92 Å². The summed E-state index contributed by atoms with van der Waals surface area (Å²) in [4.78, 5) is 10.1. The number of ether oxygens (including phenoxy) is 1. The van der Waals surface area contributed by atoms with Crippen LogP contribution in [0.25, 0.3) is 0 Å². The van der Waals surface area contributed by atoms with Crippen molar-refractivity contribution < 1.29 is 9.53 Å². The van der Waals surface area contributed by atoms with E-state index in [4.69, 9.17) is 0 Å². The Hall–Kier alpha value is -0.530. The van der Waals surface area contributed by atoms with Crippen LogP contribution in [0.2, 0.25) is 0 Å². The third-order valence-corrected chi connectivity index (χ3v) is 2.70. The first-order valence-electron chi connectivity index (χ1n) is 6.30. The SMILES string of the molecule is CC1CCCCC1.CCCCOC(C)=O. The largest absolute Gasteiger partial charge is 0.466 e. The third-order valence-electron chi connectivity index (χ3n) is 2.70. The second kappa shape index (κ2) is 10.0. The van der Waals surface area contributed by atoms with Crippen molar-refractivity contribution in [2.45, 2.75) is 65.7 Å². The summed E-state index contributed by atoms with van der Waals surface area (Å²) in [5.41, 5.74) is 0. The van der Waals surface area contributed by atoms with Gasteiger partial charge in [-0.3, -0.25) is 4.79 Å². The molecule has 1 fully saturated rings. The molecule has 0 heterocycles. The Bertz CT molecular complexity index is 149. The summed E-state index contributed by atoms with van der Waals surface area (Å²) in [6.45, 7) is 6.42. The highest BCUT2D eigenvalue weighted by molar-refractivity contribution is 5.65. The van der Waals surface area contributed by atoms with Crippen LogP contribution in [0.5, 0.6) is 0 Å². The molecule has 1 rings (SSSR count). The molecule has 15 heavy (non-hydrogen) atoms. The number of carbonyl (C=O) groups is 1. The van der Waals surface area contributed by atoms with E-state index in [2.05, 4.69) is 18.6 Å². The maximum atomic E-state index is 10.1. The van der Waals surface area contributed by atoms with E-state index in [0.29, 0.717) is 6.61 Å². The normalized spacial score (nSPS) is 16.5. The van der Waals surface area contributed by atoms with Crippen molar-refractivity contribution in [1.29, 1.82) is 0 Å². The lowest BCUT2D eigenvalue weighted by Crippen LogP contribution is -1.99. The van der Waals surface area contributed by atoms with Crippen molar-refractivity contribution in [3.63, 3.8) is 0 Å². The minimum absolute atomic E-state index is 0.182. The monoisotopic (exact) mass is 214 g/mol. The summed E-state index contributed by atoms with van der Waals surface area (Å²) in [5, 5.41) is 0. The van der Waals surface area contributed by atoms with Gasteiger partial charge in [-0.05, 0) is 12.3 Å². The Labute approximate surface area is 94.4 Å². The highest BCUT2D eigenvalue weighted by Crippen LogP contribution is 2.22. The van der Waals surface area contributed by atoms with Gasteiger partial charge in [0.15, 0.2) is 0 Å². The molecule has 1 aliphatic carbocycles. The summed E-state index contributed by atoms with van der Waals surface area (Å²) in [7, 11) is 0. The Kier molecular flexibility index (Phi) is 9.65. The highest BCUT2D eigenvalue weighted by atomic mass is 16.5. The van der Waals surface area contributed by atoms with Gasteiger partial charge in [-0.25, -0.2) is 0 Å². The Balaban J connectivity index is 0.000000262. The van der Waals surface area contributed by atoms with Gasteiger partial charge < -0.3 is 4.74 Å². The molecule has 0 unspecified atom stereocenters. The molecule has 0 spiro atoms. The lowest BCUT2D eigenvalue weighted by atomic mass is 9.91. The van der Waals surface area contributed by atoms with Crippen molar-refractivity contribution in [3.8, 4) is 0 Å². The average Bonchev–Trinajstić information content (AvgIpc) is 2.20. The van der Waals surface area contributed by atoms with Gasteiger partial charge >= 0.3 is 5.97 Å². The van der Waals surface area contributed by atoms with Gasteiger partial charge in [0.1, 0.15) is 0 Å². The van der Waals surface area contributed by atoms with Crippen molar-refractivity contribution in [2.24, 2.45) is 5.92 Å². The average molecular weight is 214 g/mol. The smallest absolute Gasteiger partial charge is 0.302 e. The van der Waals surface area contributed by atoms with Crippen LogP contribution in [0.15, 0.2) is 0 Å². The lowest BCUT2D eigenvalue weighted by Gasteiger charge is -2.15. The van der Waals surface area contributed by atoms with E-state index in [1.807, 2.05) is 0 Å². The van der Waals surface area contributed by atoms with Gasteiger partial charge in [0, 0.05) is 6.92 Å². The number of unbranched alkanes of at least 4 members (excludes halogenated alkanes) is 1. The lowest BCUT2D eigenvalue weighted by molar-refractivity contribution is -0.141. The maximum Gasteiger partial charge on any atom is 0.302 e. The zero-order valence-electron chi connectivity index (χ0n) is 10.6. The first-order valence-corrected chi connectivity index (χ1v) is 6.30. The summed E-state index contributed by atoms with van der Waals surface area (Å²) >= 11 is 0. The van der Waals surface area contributed by atoms with Crippen molar-refractivity contribution in [3.05, 3.63) is 0 Å². The number of rotatable bonds is 3. The predicted molar refractivity (Wildman–Crippen MR) is 63.8 cm³/mol. The molecular formula is C13H26O2. The fourth-order valence-electron chi connectivity index (χ4n) is 1.67. The summed E-state index contributed by atoms with van der Waals surface area (Å²) in [5.74, 6) is 0.854. The van der Waals surface area contributed by atoms with E-state index in [-0.39, 0.29) is 5.97 Å². The molecule has 0 aromatic rings. The molecule has 0 radical (unpaired) electrons. The van der Waals surface area contributed by atoms with Crippen molar-refractivity contribution in [1.82, 2.24) is 0 Å². The Morgan fingerprint density at radius 3 is 2.20 bits per heavy atom. The minimum Gasteiger partial charge on any atom is -0.466 e. The molecule has 0 N–H and O–H groups in total. The third kappa shape index (κ3) is 11.4. The van der Waals surface area contributed by atoms with Crippen LogP contribution in [-0.2, 0) is 9.53 Å². The Morgan fingerprint density at radius 2 is 1.87 bits per heavy atom. The predicted octanol–water partition coefficient (Wildman–Crippen LogP) is 3.94. The zero-order valence-corrected chi connectivity index (χ0v) is 10.6. The molecule has 2 heteroatoms. The van der Waals surface area contributed by atoms with Crippen LogP contribution in [0.4, 0.5) is 0 Å². The molecular weight excluding hydrogens is 188 g/mol. The van der Waals surface area contributed by atoms with Gasteiger partial charge in [0.25, 0.3) is 0 Å².